The van der Waals surface area contributed by atoms with Gasteiger partial charge in [0.05, 0.1) is 12.2 Å². The largest absolute Gasteiger partial charge is 0.418 e. The molecule has 1 heterocycles. The summed E-state index contributed by atoms with van der Waals surface area (Å²) in [6.07, 6.45) is -2.43. The van der Waals surface area contributed by atoms with Crippen LogP contribution in [0.15, 0.2) is 18.2 Å². The van der Waals surface area contributed by atoms with Crippen molar-refractivity contribution in [3.63, 3.8) is 0 Å². The number of anilines is 1. The van der Waals surface area contributed by atoms with E-state index in [0.717, 1.165) is 12.8 Å². The lowest BCUT2D eigenvalue weighted by Gasteiger charge is -2.35. The van der Waals surface area contributed by atoms with Crippen molar-refractivity contribution in [3.8, 4) is 0 Å². The zero-order valence-electron chi connectivity index (χ0n) is 11.9. The molecule has 0 N–H and O–H groups in total. The van der Waals surface area contributed by atoms with Crippen LogP contribution in [0, 0.1) is 5.92 Å². The molecule has 1 saturated heterocycles. The van der Waals surface area contributed by atoms with Gasteiger partial charge >= 0.3 is 6.18 Å². The summed E-state index contributed by atoms with van der Waals surface area (Å²) in [5.41, 5.74) is 0.377. The summed E-state index contributed by atoms with van der Waals surface area (Å²) in [4.78, 5) is 1.84. The van der Waals surface area contributed by atoms with Gasteiger partial charge in [-0.1, -0.05) is 22.0 Å². The molecule has 2 nitrogen and oxygen atoms in total. The van der Waals surface area contributed by atoms with Gasteiger partial charge < -0.3 is 9.64 Å². The van der Waals surface area contributed by atoms with Crippen molar-refractivity contribution in [3.05, 3.63) is 29.3 Å². The zero-order valence-corrected chi connectivity index (χ0v) is 13.5. The minimum atomic E-state index is -4.33. The second-order valence-corrected chi connectivity index (χ2v) is 5.95. The van der Waals surface area contributed by atoms with Crippen molar-refractivity contribution in [1.82, 2.24) is 0 Å². The average Bonchev–Trinajstić information content (AvgIpc) is 2.46. The SMILES string of the molecule is COCC1CCCN(c2ccc(CBr)cc2C(F)(F)F)C1. The molecule has 0 aliphatic carbocycles. The minimum Gasteiger partial charge on any atom is -0.384 e. The van der Waals surface area contributed by atoms with Crippen LogP contribution in [-0.4, -0.2) is 26.8 Å². The first-order chi connectivity index (χ1) is 9.95. The molecular weight excluding hydrogens is 347 g/mol. The third-order valence-electron chi connectivity index (χ3n) is 3.78. The van der Waals surface area contributed by atoms with Crippen LogP contribution >= 0.6 is 15.9 Å². The Morgan fingerprint density at radius 3 is 2.76 bits per heavy atom. The number of hydrogen-bond donors (Lipinski definition) is 0. The van der Waals surface area contributed by atoms with Gasteiger partial charge in [0, 0.05) is 31.2 Å². The van der Waals surface area contributed by atoms with Gasteiger partial charge in [0.2, 0.25) is 0 Å². The van der Waals surface area contributed by atoms with Gasteiger partial charge in [0.15, 0.2) is 0 Å². The topological polar surface area (TPSA) is 12.5 Å². The Balaban J connectivity index is 2.29. The van der Waals surface area contributed by atoms with Crippen molar-refractivity contribution in [2.24, 2.45) is 5.92 Å². The standard InChI is InChI=1S/C15H19BrF3NO/c1-21-10-12-3-2-6-20(9-12)14-5-4-11(8-16)7-13(14)15(17,18)19/h4-5,7,12H,2-3,6,8-10H2,1H3. The van der Waals surface area contributed by atoms with E-state index in [1.54, 1.807) is 19.2 Å². The predicted molar refractivity (Wildman–Crippen MR) is 80.9 cm³/mol. The Kier molecular flexibility index (Phi) is 5.54. The molecule has 1 unspecified atom stereocenters. The summed E-state index contributed by atoms with van der Waals surface area (Å²) >= 11 is 3.21. The van der Waals surface area contributed by atoms with Crippen molar-refractivity contribution in [2.75, 3.05) is 31.7 Å². The average molecular weight is 366 g/mol. The van der Waals surface area contributed by atoms with Crippen LogP contribution in [0.2, 0.25) is 0 Å². The molecule has 2 rings (SSSR count). The monoisotopic (exact) mass is 365 g/mol. The third kappa shape index (κ3) is 4.13. The predicted octanol–water partition coefficient (Wildman–Crippen LogP) is 4.46. The van der Waals surface area contributed by atoms with E-state index < -0.39 is 11.7 Å². The molecule has 0 saturated carbocycles. The number of piperidine rings is 1. The Bertz CT molecular complexity index is 476. The second-order valence-electron chi connectivity index (χ2n) is 5.39. The number of hydrogen-bond acceptors (Lipinski definition) is 2. The summed E-state index contributed by atoms with van der Waals surface area (Å²) in [6, 6.07) is 4.58. The fourth-order valence-electron chi connectivity index (χ4n) is 2.82. The summed E-state index contributed by atoms with van der Waals surface area (Å²) in [5, 5.41) is 0.419. The maximum Gasteiger partial charge on any atom is 0.418 e. The molecule has 1 aromatic rings. The molecule has 1 atom stereocenters. The van der Waals surface area contributed by atoms with Gasteiger partial charge in [-0.05, 0) is 36.5 Å². The Morgan fingerprint density at radius 1 is 1.38 bits per heavy atom. The van der Waals surface area contributed by atoms with Crippen LogP contribution in [0.25, 0.3) is 0 Å². The first-order valence-corrected chi connectivity index (χ1v) is 8.07. The van der Waals surface area contributed by atoms with E-state index in [-0.39, 0.29) is 5.69 Å². The van der Waals surface area contributed by atoms with Crippen LogP contribution < -0.4 is 4.90 Å². The molecule has 21 heavy (non-hydrogen) atoms. The van der Waals surface area contributed by atoms with E-state index in [0.29, 0.717) is 36.5 Å². The van der Waals surface area contributed by atoms with Crippen LogP contribution in [0.1, 0.15) is 24.0 Å². The first kappa shape index (κ1) is 16.6. The van der Waals surface area contributed by atoms with Gasteiger partial charge in [-0.2, -0.15) is 13.2 Å². The highest BCUT2D eigenvalue weighted by molar-refractivity contribution is 9.08. The molecule has 1 fully saturated rings. The summed E-state index contributed by atoms with van der Waals surface area (Å²) in [6.45, 7) is 1.87. The van der Waals surface area contributed by atoms with Crippen molar-refractivity contribution < 1.29 is 17.9 Å². The molecule has 1 aliphatic rings. The lowest BCUT2D eigenvalue weighted by atomic mass is 9.97. The Labute approximate surface area is 131 Å². The highest BCUT2D eigenvalue weighted by Gasteiger charge is 2.36. The fourth-order valence-corrected chi connectivity index (χ4v) is 3.17. The number of halogens is 4. The quantitative estimate of drug-likeness (QED) is 0.730. The van der Waals surface area contributed by atoms with E-state index in [9.17, 15) is 13.2 Å². The summed E-state index contributed by atoms with van der Waals surface area (Å²) in [7, 11) is 1.63. The van der Waals surface area contributed by atoms with Gasteiger partial charge in [-0.25, -0.2) is 0 Å². The number of ether oxygens (including phenoxy) is 1. The lowest BCUT2D eigenvalue weighted by Crippen LogP contribution is -2.38. The maximum atomic E-state index is 13.3. The van der Waals surface area contributed by atoms with Crippen molar-refractivity contribution >= 4 is 21.6 Å². The van der Waals surface area contributed by atoms with E-state index in [4.69, 9.17) is 4.74 Å². The Hall–Kier alpha value is -0.750. The molecule has 6 heteroatoms. The van der Waals surface area contributed by atoms with Crippen molar-refractivity contribution in [2.45, 2.75) is 24.3 Å². The number of rotatable bonds is 4. The van der Waals surface area contributed by atoms with Gasteiger partial charge in [0.1, 0.15) is 0 Å². The van der Waals surface area contributed by atoms with E-state index >= 15 is 0 Å². The smallest absolute Gasteiger partial charge is 0.384 e. The highest BCUT2D eigenvalue weighted by Crippen LogP contribution is 2.38. The van der Waals surface area contributed by atoms with Crippen LogP contribution in [0.5, 0.6) is 0 Å². The van der Waals surface area contributed by atoms with Crippen LogP contribution in [-0.2, 0) is 16.2 Å². The zero-order chi connectivity index (χ0) is 15.5. The van der Waals surface area contributed by atoms with E-state index in [1.165, 1.54) is 6.07 Å². The minimum absolute atomic E-state index is 0.285. The molecular formula is C15H19BrF3NO. The second kappa shape index (κ2) is 7.01. The summed E-state index contributed by atoms with van der Waals surface area (Å²) < 4.78 is 45.0. The number of benzene rings is 1. The molecule has 0 amide bonds. The molecule has 0 spiro atoms. The molecule has 118 valence electrons. The van der Waals surface area contributed by atoms with Gasteiger partial charge in [-0.15, -0.1) is 0 Å². The Morgan fingerprint density at radius 2 is 2.14 bits per heavy atom. The number of alkyl halides is 4. The molecule has 1 aliphatic heterocycles. The maximum absolute atomic E-state index is 13.3. The number of nitrogens with zero attached hydrogens (tertiary/aromatic N) is 1. The van der Waals surface area contributed by atoms with Gasteiger partial charge in [-0.3, -0.25) is 0 Å². The van der Waals surface area contributed by atoms with Crippen LogP contribution in [0.4, 0.5) is 18.9 Å². The van der Waals surface area contributed by atoms with E-state index in [1.807, 2.05) is 4.90 Å². The normalized spacial score (nSPS) is 19.9. The number of methoxy groups -OCH3 is 1. The van der Waals surface area contributed by atoms with Crippen LogP contribution in [0.3, 0.4) is 0 Å². The third-order valence-corrected chi connectivity index (χ3v) is 4.43. The molecule has 0 radical (unpaired) electrons. The fraction of sp³-hybridized carbons (Fsp3) is 0.600. The molecule has 0 bridgehead atoms. The molecule has 1 aromatic carbocycles. The van der Waals surface area contributed by atoms with Crippen molar-refractivity contribution in [1.29, 1.82) is 0 Å². The van der Waals surface area contributed by atoms with Gasteiger partial charge in [0.25, 0.3) is 0 Å². The first-order valence-electron chi connectivity index (χ1n) is 6.95. The summed E-state index contributed by atoms with van der Waals surface area (Å²) in [5.74, 6) is 0.292. The molecule has 0 aromatic heterocycles. The highest BCUT2D eigenvalue weighted by atomic mass is 79.9. The lowest BCUT2D eigenvalue weighted by molar-refractivity contribution is -0.137. The van der Waals surface area contributed by atoms with E-state index in [2.05, 4.69) is 15.9 Å².